The van der Waals surface area contributed by atoms with Crippen LogP contribution in [0.15, 0.2) is 51.4 Å². The SMILES string of the molecule is CN1C(=O)CC(Nc2cc(Br)ccc2Br)c2ccccc21. The summed E-state index contributed by atoms with van der Waals surface area (Å²) in [7, 11) is 1.83. The fourth-order valence-corrected chi connectivity index (χ4v) is 3.29. The van der Waals surface area contributed by atoms with Crippen molar-refractivity contribution in [3.63, 3.8) is 0 Å². The smallest absolute Gasteiger partial charge is 0.229 e. The van der Waals surface area contributed by atoms with Crippen molar-refractivity contribution in [1.82, 2.24) is 0 Å². The third-order valence-electron chi connectivity index (χ3n) is 3.68. The van der Waals surface area contributed by atoms with Gasteiger partial charge in [0.05, 0.1) is 18.2 Å². The highest BCUT2D eigenvalue weighted by Crippen LogP contribution is 2.37. The minimum Gasteiger partial charge on any atom is -0.377 e. The molecule has 1 atom stereocenters. The molecule has 0 saturated carbocycles. The molecule has 1 unspecified atom stereocenters. The van der Waals surface area contributed by atoms with Crippen molar-refractivity contribution in [3.05, 3.63) is 57.0 Å². The van der Waals surface area contributed by atoms with Crippen molar-refractivity contribution in [2.75, 3.05) is 17.3 Å². The van der Waals surface area contributed by atoms with E-state index in [0.717, 1.165) is 25.9 Å². The van der Waals surface area contributed by atoms with Crippen molar-refractivity contribution >= 4 is 49.1 Å². The molecule has 1 heterocycles. The number of para-hydroxylation sites is 1. The Balaban J connectivity index is 1.98. The van der Waals surface area contributed by atoms with Gasteiger partial charge in [-0.25, -0.2) is 0 Å². The van der Waals surface area contributed by atoms with Gasteiger partial charge in [0.25, 0.3) is 0 Å². The fourth-order valence-electron chi connectivity index (χ4n) is 2.57. The van der Waals surface area contributed by atoms with E-state index in [1.807, 2.05) is 43.4 Å². The number of carbonyl (C=O) groups is 1. The molecule has 0 saturated heterocycles. The minimum atomic E-state index is -0.0181. The van der Waals surface area contributed by atoms with Crippen molar-refractivity contribution in [2.45, 2.75) is 12.5 Å². The third kappa shape index (κ3) is 2.85. The number of fused-ring (bicyclic) bond motifs is 1. The molecule has 0 aromatic heterocycles. The van der Waals surface area contributed by atoms with Crippen LogP contribution in [-0.4, -0.2) is 13.0 Å². The molecule has 108 valence electrons. The molecule has 0 aliphatic carbocycles. The van der Waals surface area contributed by atoms with E-state index in [1.165, 1.54) is 0 Å². The Labute approximate surface area is 140 Å². The zero-order chi connectivity index (χ0) is 15.0. The Hall–Kier alpha value is -1.33. The van der Waals surface area contributed by atoms with Crippen molar-refractivity contribution in [2.24, 2.45) is 0 Å². The van der Waals surface area contributed by atoms with Gasteiger partial charge in [0.1, 0.15) is 0 Å². The molecule has 1 aliphatic rings. The normalized spacial score (nSPS) is 17.6. The second-order valence-corrected chi connectivity index (χ2v) is 6.81. The van der Waals surface area contributed by atoms with Gasteiger partial charge in [0.15, 0.2) is 0 Å². The molecular weight excluding hydrogens is 396 g/mol. The van der Waals surface area contributed by atoms with Gasteiger partial charge in [-0.2, -0.15) is 0 Å². The molecule has 21 heavy (non-hydrogen) atoms. The average molecular weight is 410 g/mol. The number of halogens is 2. The average Bonchev–Trinajstić information content (AvgIpc) is 2.48. The number of hydrogen-bond acceptors (Lipinski definition) is 2. The van der Waals surface area contributed by atoms with Crippen LogP contribution in [0.1, 0.15) is 18.0 Å². The van der Waals surface area contributed by atoms with Gasteiger partial charge in [-0.1, -0.05) is 34.1 Å². The van der Waals surface area contributed by atoms with Crippen molar-refractivity contribution < 1.29 is 4.79 Å². The first kappa shape index (κ1) is 14.6. The molecule has 2 aromatic rings. The van der Waals surface area contributed by atoms with Crippen LogP contribution < -0.4 is 10.2 Å². The maximum Gasteiger partial charge on any atom is 0.229 e. The van der Waals surface area contributed by atoms with Crippen LogP contribution in [0, 0.1) is 0 Å². The van der Waals surface area contributed by atoms with Gasteiger partial charge >= 0.3 is 0 Å². The van der Waals surface area contributed by atoms with E-state index in [1.54, 1.807) is 4.90 Å². The van der Waals surface area contributed by atoms with E-state index in [4.69, 9.17) is 0 Å². The molecule has 1 N–H and O–H groups in total. The van der Waals surface area contributed by atoms with Crippen LogP contribution in [0.3, 0.4) is 0 Å². The van der Waals surface area contributed by atoms with Crippen LogP contribution in [0.4, 0.5) is 11.4 Å². The van der Waals surface area contributed by atoms with Crippen LogP contribution in [0.5, 0.6) is 0 Å². The summed E-state index contributed by atoms with van der Waals surface area (Å²) in [4.78, 5) is 13.9. The van der Waals surface area contributed by atoms with Gasteiger partial charge in [-0.3, -0.25) is 4.79 Å². The molecule has 3 nitrogen and oxygen atoms in total. The number of carbonyl (C=O) groups excluding carboxylic acids is 1. The Morgan fingerprint density at radius 2 is 1.95 bits per heavy atom. The lowest BCUT2D eigenvalue weighted by molar-refractivity contribution is -0.118. The van der Waals surface area contributed by atoms with E-state index >= 15 is 0 Å². The number of hydrogen-bond donors (Lipinski definition) is 1. The van der Waals surface area contributed by atoms with Gasteiger partial charge in [0.2, 0.25) is 5.91 Å². The molecule has 3 rings (SSSR count). The first-order valence-electron chi connectivity index (χ1n) is 6.63. The highest BCUT2D eigenvalue weighted by Gasteiger charge is 2.29. The predicted molar refractivity (Wildman–Crippen MR) is 92.7 cm³/mol. The number of benzene rings is 2. The van der Waals surface area contributed by atoms with E-state index in [-0.39, 0.29) is 11.9 Å². The topological polar surface area (TPSA) is 32.3 Å². The second kappa shape index (κ2) is 5.81. The summed E-state index contributed by atoms with van der Waals surface area (Å²) in [6.45, 7) is 0. The summed E-state index contributed by atoms with van der Waals surface area (Å²) in [6.07, 6.45) is 0.451. The van der Waals surface area contributed by atoms with Crippen LogP contribution in [-0.2, 0) is 4.79 Å². The lowest BCUT2D eigenvalue weighted by Crippen LogP contribution is -2.35. The summed E-state index contributed by atoms with van der Waals surface area (Å²) in [5, 5.41) is 3.47. The molecule has 0 fully saturated rings. The summed E-state index contributed by atoms with van der Waals surface area (Å²) in [5.41, 5.74) is 3.09. The lowest BCUT2D eigenvalue weighted by Gasteiger charge is -2.32. The molecule has 0 radical (unpaired) electrons. The van der Waals surface area contributed by atoms with Crippen molar-refractivity contribution in [3.8, 4) is 0 Å². The molecule has 0 bridgehead atoms. The highest BCUT2D eigenvalue weighted by molar-refractivity contribution is 9.11. The molecule has 1 aliphatic heterocycles. The van der Waals surface area contributed by atoms with E-state index in [2.05, 4.69) is 43.2 Å². The van der Waals surface area contributed by atoms with Crippen LogP contribution in [0.25, 0.3) is 0 Å². The lowest BCUT2D eigenvalue weighted by atomic mass is 9.96. The maximum atomic E-state index is 12.2. The summed E-state index contributed by atoms with van der Waals surface area (Å²) < 4.78 is 1.98. The zero-order valence-corrected chi connectivity index (χ0v) is 14.6. The Morgan fingerprint density at radius 3 is 2.76 bits per heavy atom. The molecule has 2 aromatic carbocycles. The standard InChI is InChI=1S/C16H14Br2N2O/c1-20-15-5-3-2-4-11(15)13(9-16(20)21)19-14-8-10(17)6-7-12(14)18/h2-8,13,19H,9H2,1H3. The predicted octanol–water partition coefficient (Wildman–Crippen LogP) is 4.73. The monoisotopic (exact) mass is 408 g/mol. The molecular formula is C16H14Br2N2O. The number of anilines is 2. The van der Waals surface area contributed by atoms with E-state index < -0.39 is 0 Å². The summed E-state index contributed by atoms with van der Waals surface area (Å²) in [6, 6.07) is 14.0. The van der Waals surface area contributed by atoms with E-state index in [9.17, 15) is 4.79 Å². The number of nitrogens with one attached hydrogen (secondary N) is 1. The van der Waals surface area contributed by atoms with Crippen molar-refractivity contribution in [1.29, 1.82) is 0 Å². The van der Waals surface area contributed by atoms with Gasteiger partial charge in [-0.15, -0.1) is 0 Å². The highest BCUT2D eigenvalue weighted by atomic mass is 79.9. The molecule has 1 amide bonds. The number of rotatable bonds is 2. The number of nitrogens with zero attached hydrogens (tertiary/aromatic N) is 1. The van der Waals surface area contributed by atoms with E-state index in [0.29, 0.717) is 6.42 Å². The van der Waals surface area contributed by atoms with Gasteiger partial charge in [0, 0.05) is 21.7 Å². The molecule has 0 spiro atoms. The quantitative estimate of drug-likeness (QED) is 0.777. The largest absolute Gasteiger partial charge is 0.377 e. The van der Waals surface area contributed by atoms with Crippen LogP contribution in [0.2, 0.25) is 0 Å². The molecule has 5 heteroatoms. The first-order chi connectivity index (χ1) is 10.1. The van der Waals surface area contributed by atoms with Crippen LogP contribution >= 0.6 is 31.9 Å². The fraction of sp³-hybridized carbons (Fsp3) is 0.188. The maximum absolute atomic E-state index is 12.2. The summed E-state index contributed by atoms with van der Waals surface area (Å²) in [5.74, 6) is 0.123. The summed E-state index contributed by atoms with van der Waals surface area (Å²) >= 11 is 7.02. The van der Waals surface area contributed by atoms with Gasteiger partial charge in [-0.05, 0) is 45.8 Å². The first-order valence-corrected chi connectivity index (χ1v) is 8.22. The zero-order valence-electron chi connectivity index (χ0n) is 11.4. The second-order valence-electron chi connectivity index (χ2n) is 5.04. The Bertz CT molecular complexity index is 702. The third-order valence-corrected chi connectivity index (χ3v) is 4.87. The van der Waals surface area contributed by atoms with Gasteiger partial charge < -0.3 is 10.2 Å². The Morgan fingerprint density at radius 1 is 1.19 bits per heavy atom. The minimum absolute atomic E-state index is 0.0181. The number of amides is 1. The Kier molecular flexibility index (Phi) is 4.04.